The van der Waals surface area contributed by atoms with Crippen LogP contribution in [-0.4, -0.2) is 34.3 Å². The Morgan fingerprint density at radius 3 is 2.71 bits per heavy atom. The summed E-state index contributed by atoms with van der Waals surface area (Å²) in [6.07, 6.45) is 1.65. The quantitative estimate of drug-likeness (QED) is 0.528. The average Bonchev–Trinajstić information content (AvgIpc) is 3.30. The molecule has 1 unspecified atom stereocenters. The average molecular weight is 400 g/mol. The lowest BCUT2D eigenvalue weighted by molar-refractivity contribution is -0.129. The summed E-state index contributed by atoms with van der Waals surface area (Å²) in [6.45, 7) is 2.43. The number of hydrazine groups is 1. The standard InChI is InChI=1S/C19H20N4O4S/c1-12-5-2-3-7-15(12)18(26)20-19(28)22-21-17(25)13-9-16(24)23(10-13)11-14-6-4-8-27-14/h2-8,13H,9-11H2,1H3,(H,21,25)(H2,20,22,26,28). The van der Waals surface area contributed by atoms with Crippen LogP contribution in [0.25, 0.3) is 0 Å². The Kier molecular flexibility index (Phi) is 6.05. The number of hydrogen-bond donors (Lipinski definition) is 3. The van der Waals surface area contributed by atoms with E-state index in [1.807, 2.05) is 19.1 Å². The molecule has 28 heavy (non-hydrogen) atoms. The summed E-state index contributed by atoms with van der Waals surface area (Å²) in [5, 5.41) is 2.48. The first-order chi connectivity index (χ1) is 13.4. The fourth-order valence-corrected chi connectivity index (χ4v) is 3.08. The number of carbonyl (C=O) groups excluding carboxylic acids is 3. The van der Waals surface area contributed by atoms with Crippen molar-refractivity contribution in [1.82, 2.24) is 21.1 Å². The third-order valence-corrected chi connectivity index (χ3v) is 4.63. The first-order valence-electron chi connectivity index (χ1n) is 8.71. The minimum atomic E-state index is -0.509. The Morgan fingerprint density at radius 2 is 2.00 bits per heavy atom. The molecular weight excluding hydrogens is 380 g/mol. The number of nitrogens with one attached hydrogen (secondary N) is 3. The van der Waals surface area contributed by atoms with Crippen LogP contribution in [0.4, 0.5) is 0 Å². The summed E-state index contributed by atoms with van der Waals surface area (Å²) in [6, 6.07) is 10.6. The predicted octanol–water partition coefficient (Wildman–Crippen LogP) is 1.27. The highest BCUT2D eigenvalue weighted by Gasteiger charge is 2.34. The Labute approximate surface area is 167 Å². The molecule has 2 heterocycles. The van der Waals surface area contributed by atoms with Gasteiger partial charge in [0.05, 0.1) is 18.7 Å². The normalized spacial score (nSPS) is 16.0. The van der Waals surface area contributed by atoms with Crippen molar-refractivity contribution in [3.63, 3.8) is 0 Å². The van der Waals surface area contributed by atoms with Crippen LogP contribution in [-0.2, 0) is 16.1 Å². The van der Waals surface area contributed by atoms with Crippen molar-refractivity contribution in [2.24, 2.45) is 5.92 Å². The molecule has 9 heteroatoms. The fourth-order valence-electron chi connectivity index (χ4n) is 2.94. The van der Waals surface area contributed by atoms with Gasteiger partial charge < -0.3 is 9.32 Å². The number of benzene rings is 1. The van der Waals surface area contributed by atoms with Crippen LogP contribution in [0.5, 0.6) is 0 Å². The number of amides is 3. The molecule has 1 fully saturated rings. The molecule has 0 radical (unpaired) electrons. The van der Waals surface area contributed by atoms with Crippen LogP contribution in [0.15, 0.2) is 47.1 Å². The van der Waals surface area contributed by atoms with E-state index in [0.717, 1.165) is 5.56 Å². The summed E-state index contributed by atoms with van der Waals surface area (Å²) in [4.78, 5) is 38.2. The van der Waals surface area contributed by atoms with E-state index in [2.05, 4.69) is 16.2 Å². The molecule has 3 N–H and O–H groups in total. The minimum Gasteiger partial charge on any atom is -0.467 e. The number of furan rings is 1. The second-order valence-corrected chi connectivity index (χ2v) is 6.88. The SMILES string of the molecule is Cc1ccccc1C(=O)NC(=S)NNC(=O)C1CC(=O)N(Cc2ccco2)C1. The molecule has 8 nitrogen and oxygen atoms in total. The smallest absolute Gasteiger partial charge is 0.257 e. The minimum absolute atomic E-state index is 0.0293. The highest BCUT2D eigenvalue weighted by Crippen LogP contribution is 2.20. The fraction of sp³-hybridized carbons (Fsp3) is 0.263. The van der Waals surface area contributed by atoms with E-state index in [1.165, 1.54) is 6.26 Å². The second kappa shape index (κ2) is 8.66. The van der Waals surface area contributed by atoms with Crippen LogP contribution < -0.4 is 16.2 Å². The Bertz CT molecular complexity index is 897. The molecule has 1 aromatic carbocycles. The van der Waals surface area contributed by atoms with Crippen LogP contribution in [0, 0.1) is 12.8 Å². The topological polar surface area (TPSA) is 104 Å². The lowest BCUT2D eigenvalue weighted by Gasteiger charge is -2.16. The van der Waals surface area contributed by atoms with Gasteiger partial charge in [0, 0.05) is 18.5 Å². The van der Waals surface area contributed by atoms with Gasteiger partial charge in [0.1, 0.15) is 5.76 Å². The molecule has 1 atom stereocenters. The summed E-state index contributed by atoms with van der Waals surface area (Å²) in [5.74, 6) is -0.710. The molecular formula is C19H20N4O4S. The van der Waals surface area contributed by atoms with E-state index in [0.29, 0.717) is 17.9 Å². The van der Waals surface area contributed by atoms with Gasteiger partial charge in [-0.15, -0.1) is 0 Å². The van der Waals surface area contributed by atoms with Crippen LogP contribution in [0.2, 0.25) is 0 Å². The van der Waals surface area contributed by atoms with Crippen LogP contribution in [0.1, 0.15) is 28.1 Å². The van der Waals surface area contributed by atoms with Crippen LogP contribution in [0.3, 0.4) is 0 Å². The number of likely N-dealkylation sites (tertiary alicyclic amines) is 1. The molecule has 0 bridgehead atoms. The summed E-state index contributed by atoms with van der Waals surface area (Å²) >= 11 is 5.04. The lowest BCUT2D eigenvalue weighted by Crippen LogP contribution is -2.50. The van der Waals surface area contributed by atoms with E-state index >= 15 is 0 Å². The maximum absolute atomic E-state index is 12.3. The van der Waals surface area contributed by atoms with Crippen molar-refractivity contribution >= 4 is 35.1 Å². The van der Waals surface area contributed by atoms with Crippen molar-refractivity contribution in [3.05, 3.63) is 59.5 Å². The van der Waals surface area contributed by atoms with Gasteiger partial charge in [-0.2, -0.15) is 0 Å². The zero-order valence-electron chi connectivity index (χ0n) is 15.2. The van der Waals surface area contributed by atoms with Gasteiger partial charge in [0.15, 0.2) is 5.11 Å². The molecule has 3 amide bonds. The zero-order valence-corrected chi connectivity index (χ0v) is 16.0. The van der Waals surface area contributed by atoms with E-state index in [1.54, 1.807) is 29.2 Å². The number of aryl methyl sites for hydroxylation is 1. The maximum Gasteiger partial charge on any atom is 0.257 e. The molecule has 146 valence electrons. The molecule has 1 aromatic heterocycles. The van der Waals surface area contributed by atoms with Gasteiger partial charge in [-0.05, 0) is 42.9 Å². The Morgan fingerprint density at radius 1 is 1.21 bits per heavy atom. The summed E-state index contributed by atoms with van der Waals surface area (Å²) in [7, 11) is 0. The van der Waals surface area contributed by atoms with Gasteiger partial charge in [-0.1, -0.05) is 18.2 Å². The van der Waals surface area contributed by atoms with E-state index in [-0.39, 0.29) is 35.8 Å². The lowest BCUT2D eigenvalue weighted by atomic mass is 10.1. The molecule has 1 aliphatic heterocycles. The van der Waals surface area contributed by atoms with Gasteiger partial charge in [-0.25, -0.2) is 0 Å². The van der Waals surface area contributed by atoms with Crippen molar-refractivity contribution in [1.29, 1.82) is 0 Å². The number of nitrogens with zero attached hydrogens (tertiary/aromatic N) is 1. The third-order valence-electron chi connectivity index (χ3n) is 4.43. The molecule has 0 aliphatic carbocycles. The summed E-state index contributed by atoms with van der Waals surface area (Å²) in [5.41, 5.74) is 6.26. The number of rotatable bonds is 4. The van der Waals surface area contributed by atoms with Crippen molar-refractivity contribution in [2.75, 3.05) is 6.54 Å². The monoisotopic (exact) mass is 400 g/mol. The molecule has 2 aromatic rings. The molecule has 0 saturated carbocycles. The van der Waals surface area contributed by atoms with Crippen molar-refractivity contribution in [3.8, 4) is 0 Å². The van der Waals surface area contributed by atoms with Crippen LogP contribution >= 0.6 is 12.2 Å². The van der Waals surface area contributed by atoms with Gasteiger partial charge in [0.2, 0.25) is 11.8 Å². The zero-order chi connectivity index (χ0) is 20.1. The van der Waals surface area contributed by atoms with Crippen molar-refractivity contribution in [2.45, 2.75) is 19.9 Å². The number of thiocarbonyl (C=S) groups is 1. The van der Waals surface area contributed by atoms with E-state index in [4.69, 9.17) is 16.6 Å². The summed E-state index contributed by atoms with van der Waals surface area (Å²) < 4.78 is 5.24. The van der Waals surface area contributed by atoms with Crippen molar-refractivity contribution < 1.29 is 18.8 Å². The largest absolute Gasteiger partial charge is 0.467 e. The first kappa shape index (κ1) is 19.6. The second-order valence-electron chi connectivity index (χ2n) is 6.47. The highest BCUT2D eigenvalue weighted by atomic mass is 32.1. The number of carbonyl (C=O) groups is 3. The van der Waals surface area contributed by atoms with E-state index < -0.39 is 5.92 Å². The van der Waals surface area contributed by atoms with Gasteiger partial charge >= 0.3 is 0 Å². The molecule has 1 aliphatic rings. The van der Waals surface area contributed by atoms with Gasteiger partial charge in [-0.3, -0.25) is 30.6 Å². The van der Waals surface area contributed by atoms with E-state index in [9.17, 15) is 14.4 Å². The molecule has 0 spiro atoms. The predicted molar refractivity (Wildman–Crippen MR) is 105 cm³/mol. The molecule has 1 saturated heterocycles. The number of hydrogen-bond acceptors (Lipinski definition) is 5. The Balaban J connectivity index is 1.46. The first-order valence-corrected chi connectivity index (χ1v) is 9.12. The molecule has 3 rings (SSSR count). The highest BCUT2D eigenvalue weighted by molar-refractivity contribution is 7.80. The maximum atomic E-state index is 12.3. The van der Waals surface area contributed by atoms with Gasteiger partial charge in [0.25, 0.3) is 5.91 Å². The third kappa shape index (κ3) is 4.74. The Hall–Kier alpha value is -3.20.